The van der Waals surface area contributed by atoms with E-state index in [9.17, 15) is 10.0 Å². The molecule has 0 spiro atoms. The molecule has 1 aliphatic rings. The van der Waals surface area contributed by atoms with Crippen molar-refractivity contribution < 1.29 is 5.21 Å². The van der Waals surface area contributed by atoms with Gasteiger partial charge in [0.15, 0.2) is 5.65 Å². The van der Waals surface area contributed by atoms with E-state index >= 15 is 0 Å². The lowest BCUT2D eigenvalue weighted by Crippen LogP contribution is -2.28. The molecule has 0 unspecified atom stereocenters. The summed E-state index contributed by atoms with van der Waals surface area (Å²) in [7, 11) is 0. The monoisotopic (exact) mass is 427 g/mol. The zero-order valence-corrected chi connectivity index (χ0v) is 17.7. The molecule has 32 heavy (non-hydrogen) atoms. The van der Waals surface area contributed by atoms with Crippen molar-refractivity contribution in [3.05, 3.63) is 82.9 Å². The number of hydrogen-bond donors (Lipinski definition) is 2. The highest BCUT2D eigenvalue weighted by Crippen LogP contribution is 2.26. The molecule has 3 heterocycles. The number of likely N-dealkylation sites (tertiary alicyclic amines) is 1. The van der Waals surface area contributed by atoms with Crippen molar-refractivity contribution >= 4 is 22.5 Å². The smallest absolute Gasteiger partial charge is 0.384 e. The summed E-state index contributed by atoms with van der Waals surface area (Å²) in [5, 5.41) is 13.6. The standard InChI is InChI=1S/C25H25N5O2/c31-25-28-23(22-5-4-14-26-24(22)30(25)32)27-21-12-10-20(11-13-21)19-8-6-18(7-9-19)17-29-15-2-1-3-16-29/h4-14,32H,1-3,15-17H2,(H,27,28,31). The predicted octanol–water partition coefficient (Wildman–Crippen LogP) is 4.43. The lowest BCUT2D eigenvalue weighted by molar-refractivity contribution is 0.182. The number of aromatic nitrogens is 3. The van der Waals surface area contributed by atoms with E-state index in [4.69, 9.17) is 0 Å². The van der Waals surface area contributed by atoms with Crippen LogP contribution in [0.2, 0.25) is 0 Å². The van der Waals surface area contributed by atoms with Gasteiger partial charge in [-0.2, -0.15) is 4.98 Å². The fourth-order valence-corrected chi connectivity index (χ4v) is 4.20. The Hall–Kier alpha value is -3.71. The molecule has 1 saturated heterocycles. The van der Waals surface area contributed by atoms with Crippen LogP contribution in [0, 0.1) is 0 Å². The summed E-state index contributed by atoms with van der Waals surface area (Å²) in [4.78, 5) is 22.5. The molecule has 0 amide bonds. The second-order valence-corrected chi connectivity index (χ2v) is 8.17. The van der Waals surface area contributed by atoms with Crippen LogP contribution in [0.15, 0.2) is 71.7 Å². The Kier molecular flexibility index (Phi) is 5.56. The number of rotatable bonds is 5. The van der Waals surface area contributed by atoms with E-state index in [1.807, 2.05) is 24.3 Å². The van der Waals surface area contributed by atoms with Gasteiger partial charge < -0.3 is 10.5 Å². The van der Waals surface area contributed by atoms with Gasteiger partial charge in [0.25, 0.3) is 0 Å². The largest absolute Gasteiger partial charge is 0.422 e. The summed E-state index contributed by atoms with van der Waals surface area (Å²) >= 11 is 0. The van der Waals surface area contributed by atoms with Crippen molar-refractivity contribution in [2.75, 3.05) is 18.4 Å². The molecule has 0 saturated carbocycles. The van der Waals surface area contributed by atoms with Gasteiger partial charge in [-0.1, -0.05) is 42.8 Å². The van der Waals surface area contributed by atoms with Gasteiger partial charge in [-0.15, -0.1) is 4.73 Å². The van der Waals surface area contributed by atoms with Gasteiger partial charge in [0.05, 0.1) is 5.39 Å². The molecule has 0 radical (unpaired) electrons. The summed E-state index contributed by atoms with van der Waals surface area (Å²) in [5.41, 5.74) is 3.80. The molecule has 5 rings (SSSR count). The van der Waals surface area contributed by atoms with Crippen molar-refractivity contribution in [1.82, 2.24) is 19.6 Å². The highest BCUT2D eigenvalue weighted by molar-refractivity contribution is 5.88. The van der Waals surface area contributed by atoms with Crippen LogP contribution in [-0.4, -0.2) is 37.9 Å². The Balaban J connectivity index is 1.32. The van der Waals surface area contributed by atoms with E-state index in [2.05, 4.69) is 44.5 Å². The van der Waals surface area contributed by atoms with Gasteiger partial charge in [0, 0.05) is 18.4 Å². The fourth-order valence-electron chi connectivity index (χ4n) is 4.20. The highest BCUT2D eigenvalue weighted by Gasteiger charge is 2.12. The minimum Gasteiger partial charge on any atom is -0.422 e. The average Bonchev–Trinajstić information content (AvgIpc) is 2.84. The van der Waals surface area contributed by atoms with Crippen LogP contribution < -0.4 is 11.0 Å². The molecule has 1 aliphatic heterocycles. The first-order valence-electron chi connectivity index (χ1n) is 10.9. The Morgan fingerprint density at radius 2 is 1.59 bits per heavy atom. The molecule has 162 valence electrons. The second-order valence-electron chi connectivity index (χ2n) is 8.17. The van der Waals surface area contributed by atoms with E-state index in [0.29, 0.717) is 15.9 Å². The van der Waals surface area contributed by atoms with Gasteiger partial charge in [-0.25, -0.2) is 9.78 Å². The van der Waals surface area contributed by atoms with Crippen LogP contribution in [0.4, 0.5) is 11.5 Å². The first-order chi connectivity index (χ1) is 15.7. The molecule has 2 N–H and O–H groups in total. The quantitative estimate of drug-likeness (QED) is 0.459. The summed E-state index contributed by atoms with van der Waals surface area (Å²) in [5.74, 6) is 0.359. The first kappa shape index (κ1) is 20.2. The molecular formula is C25H25N5O2. The van der Waals surface area contributed by atoms with Crippen LogP contribution in [0.1, 0.15) is 24.8 Å². The van der Waals surface area contributed by atoms with Gasteiger partial charge >= 0.3 is 5.69 Å². The molecule has 2 aromatic heterocycles. The second kappa shape index (κ2) is 8.80. The van der Waals surface area contributed by atoms with Crippen LogP contribution >= 0.6 is 0 Å². The minimum atomic E-state index is -0.778. The first-order valence-corrected chi connectivity index (χ1v) is 10.9. The number of nitrogens with one attached hydrogen (secondary N) is 1. The van der Waals surface area contributed by atoms with Crippen molar-refractivity contribution in [2.45, 2.75) is 25.8 Å². The molecule has 0 aliphatic carbocycles. The number of piperidine rings is 1. The normalized spacial score (nSPS) is 14.5. The van der Waals surface area contributed by atoms with Crippen molar-refractivity contribution in [3.8, 4) is 11.1 Å². The third kappa shape index (κ3) is 4.20. The van der Waals surface area contributed by atoms with E-state index in [-0.39, 0.29) is 5.65 Å². The zero-order valence-electron chi connectivity index (χ0n) is 17.7. The molecule has 1 fully saturated rings. The van der Waals surface area contributed by atoms with E-state index < -0.39 is 5.69 Å². The van der Waals surface area contributed by atoms with Gasteiger partial charge in [-0.3, -0.25) is 4.90 Å². The van der Waals surface area contributed by atoms with Crippen LogP contribution in [0.3, 0.4) is 0 Å². The molecular weight excluding hydrogens is 402 g/mol. The maximum atomic E-state index is 12.0. The number of pyridine rings is 1. The van der Waals surface area contributed by atoms with E-state index in [0.717, 1.165) is 23.4 Å². The summed E-state index contributed by atoms with van der Waals surface area (Å²) in [6, 6.07) is 20.2. The molecule has 7 nitrogen and oxygen atoms in total. The summed E-state index contributed by atoms with van der Waals surface area (Å²) in [6.45, 7) is 3.42. The Labute approximate surface area is 185 Å². The molecule has 0 bridgehead atoms. The summed E-state index contributed by atoms with van der Waals surface area (Å²) < 4.78 is 0.457. The molecule has 7 heteroatoms. The van der Waals surface area contributed by atoms with Crippen LogP contribution in [0.25, 0.3) is 22.2 Å². The average molecular weight is 428 g/mol. The lowest BCUT2D eigenvalue weighted by Gasteiger charge is -2.26. The number of hydrogen-bond acceptors (Lipinski definition) is 6. The van der Waals surface area contributed by atoms with Gasteiger partial charge in [0.2, 0.25) is 0 Å². The molecule has 2 aromatic carbocycles. The zero-order chi connectivity index (χ0) is 21.9. The fraction of sp³-hybridized carbons (Fsp3) is 0.240. The van der Waals surface area contributed by atoms with Crippen LogP contribution in [0.5, 0.6) is 0 Å². The SMILES string of the molecule is O=c1nc(Nc2ccc(-c3ccc(CN4CCCCC4)cc3)cc2)c2cccnc2n1O. The number of anilines is 2. The number of fused-ring (bicyclic) bond motifs is 1. The molecule has 4 aromatic rings. The Morgan fingerprint density at radius 1 is 0.906 bits per heavy atom. The maximum Gasteiger partial charge on any atom is 0.384 e. The third-order valence-corrected chi connectivity index (χ3v) is 5.92. The maximum absolute atomic E-state index is 12.0. The summed E-state index contributed by atoms with van der Waals surface area (Å²) in [6.07, 6.45) is 5.48. The van der Waals surface area contributed by atoms with Crippen molar-refractivity contribution in [2.24, 2.45) is 0 Å². The van der Waals surface area contributed by atoms with Gasteiger partial charge in [0.1, 0.15) is 5.82 Å². The minimum absolute atomic E-state index is 0.163. The van der Waals surface area contributed by atoms with Crippen molar-refractivity contribution in [1.29, 1.82) is 0 Å². The van der Waals surface area contributed by atoms with Crippen molar-refractivity contribution in [3.63, 3.8) is 0 Å². The number of nitrogens with zero attached hydrogens (tertiary/aromatic N) is 4. The topological polar surface area (TPSA) is 83.3 Å². The molecule has 0 atom stereocenters. The van der Waals surface area contributed by atoms with Gasteiger partial charge in [-0.05, 0) is 66.9 Å². The number of benzene rings is 2. The van der Waals surface area contributed by atoms with Crippen LogP contribution in [-0.2, 0) is 6.54 Å². The third-order valence-electron chi connectivity index (χ3n) is 5.92. The predicted molar refractivity (Wildman–Crippen MR) is 125 cm³/mol. The van der Waals surface area contributed by atoms with E-state index in [1.165, 1.54) is 44.1 Å². The Bertz CT molecular complexity index is 1280. The lowest BCUT2D eigenvalue weighted by atomic mass is 10.0. The highest BCUT2D eigenvalue weighted by atomic mass is 16.5. The Morgan fingerprint density at radius 3 is 2.31 bits per heavy atom. The van der Waals surface area contributed by atoms with E-state index in [1.54, 1.807) is 12.1 Å².